The molecule has 22 heavy (non-hydrogen) atoms. The van der Waals surface area contributed by atoms with Crippen molar-refractivity contribution in [3.63, 3.8) is 0 Å². The van der Waals surface area contributed by atoms with Crippen LogP contribution in [0.3, 0.4) is 0 Å². The molecule has 0 unspecified atom stereocenters. The van der Waals surface area contributed by atoms with Gasteiger partial charge >= 0.3 is 12.1 Å². The quantitative estimate of drug-likeness (QED) is 0.622. The molecule has 5 nitrogen and oxygen atoms in total. The van der Waals surface area contributed by atoms with Gasteiger partial charge < -0.3 is 4.74 Å². The number of carbonyl (C=O) groups excluding carboxylic acids is 2. The number of esters is 1. The second-order valence-corrected chi connectivity index (χ2v) is 4.38. The zero-order chi connectivity index (χ0) is 16.5. The Bertz CT molecular complexity index is 678. The number of benzene rings is 1. The second-order valence-electron chi connectivity index (χ2n) is 4.38. The second kappa shape index (κ2) is 5.63. The Balaban J connectivity index is 2.57. The fourth-order valence-electron chi connectivity index (χ4n) is 2.00. The fraction of sp³-hybridized carbons (Fsp3) is 0.214. The molecule has 0 N–H and O–H groups in total. The summed E-state index contributed by atoms with van der Waals surface area (Å²) < 4.78 is 43.4. The van der Waals surface area contributed by atoms with Crippen molar-refractivity contribution in [2.45, 2.75) is 13.1 Å². The van der Waals surface area contributed by atoms with Gasteiger partial charge in [-0.25, -0.2) is 4.79 Å². The van der Waals surface area contributed by atoms with Gasteiger partial charge in [0.25, 0.3) is 5.91 Å². The smallest absolute Gasteiger partial charge is 0.424 e. The largest absolute Gasteiger partial charge is 0.465 e. The van der Waals surface area contributed by atoms with Gasteiger partial charge in [0.1, 0.15) is 0 Å². The van der Waals surface area contributed by atoms with E-state index < -0.39 is 29.2 Å². The van der Waals surface area contributed by atoms with E-state index in [0.29, 0.717) is 5.69 Å². The van der Waals surface area contributed by atoms with Crippen molar-refractivity contribution >= 4 is 23.3 Å². The molecule has 0 bridgehead atoms. The highest BCUT2D eigenvalue weighted by Gasteiger charge is 2.47. The summed E-state index contributed by atoms with van der Waals surface area (Å²) in [5, 5.41) is 4.63. The molecule has 0 saturated heterocycles. The zero-order valence-corrected chi connectivity index (χ0v) is 11.6. The average molecular weight is 312 g/mol. The molecule has 0 spiro atoms. The number of hydrogen-bond donors (Lipinski definition) is 0. The lowest BCUT2D eigenvalue weighted by atomic mass is 10.0. The molecule has 1 aromatic carbocycles. The standard InChI is InChI=1S/C14H11F3N2O3/c1-8-10(11(13(21)22-2)14(15,16)17)12(20)19(18-8)9-6-4-3-5-7-9/h3-7H,1-2H3/b11-10-. The third-order valence-electron chi connectivity index (χ3n) is 2.94. The lowest BCUT2D eigenvalue weighted by Crippen LogP contribution is -2.29. The highest BCUT2D eigenvalue weighted by atomic mass is 19.4. The van der Waals surface area contributed by atoms with Crippen LogP contribution in [0.1, 0.15) is 6.92 Å². The first kappa shape index (κ1) is 15.7. The maximum Gasteiger partial charge on any atom is 0.424 e. The van der Waals surface area contributed by atoms with Gasteiger partial charge in [0.15, 0.2) is 5.57 Å². The number of anilines is 1. The van der Waals surface area contributed by atoms with Crippen molar-refractivity contribution in [3.05, 3.63) is 41.5 Å². The number of alkyl halides is 3. The summed E-state index contributed by atoms with van der Waals surface area (Å²) in [6.07, 6.45) is -5.03. The van der Waals surface area contributed by atoms with Gasteiger partial charge in [-0.05, 0) is 19.1 Å². The van der Waals surface area contributed by atoms with E-state index in [1.165, 1.54) is 19.1 Å². The maximum absolute atomic E-state index is 13.1. The zero-order valence-electron chi connectivity index (χ0n) is 11.6. The molecule has 1 aromatic rings. The number of amides is 1. The van der Waals surface area contributed by atoms with Gasteiger partial charge in [-0.2, -0.15) is 23.3 Å². The molecule has 1 aliphatic heterocycles. The van der Waals surface area contributed by atoms with Gasteiger partial charge in [0, 0.05) is 0 Å². The summed E-state index contributed by atoms with van der Waals surface area (Å²) in [6.45, 7) is 1.23. The Morgan fingerprint density at radius 3 is 2.32 bits per heavy atom. The average Bonchev–Trinajstić information content (AvgIpc) is 2.75. The van der Waals surface area contributed by atoms with E-state index >= 15 is 0 Å². The maximum atomic E-state index is 13.1. The minimum absolute atomic E-state index is 0.202. The van der Waals surface area contributed by atoms with E-state index in [0.717, 1.165) is 12.1 Å². The van der Waals surface area contributed by atoms with Crippen molar-refractivity contribution in [2.24, 2.45) is 5.10 Å². The van der Waals surface area contributed by atoms with Crippen LogP contribution in [0.25, 0.3) is 0 Å². The number of halogens is 3. The van der Waals surface area contributed by atoms with Crippen LogP contribution < -0.4 is 5.01 Å². The van der Waals surface area contributed by atoms with Gasteiger partial charge in [-0.1, -0.05) is 18.2 Å². The molecule has 0 aliphatic carbocycles. The number of methoxy groups -OCH3 is 1. The first-order valence-corrected chi connectivity index (χ1v) is 6.12. The Kier molecular flexibility index (Phi) is 4.03. The van der Waals surface area contributed by atoms with Gasteiger partial charge in [0.05, 0.1) is 24.1 Å². The highest BCUT2D eigenvalue weighted by Crippen LogP contribution is 2.34. The molecule has 116 valence electrons. The van der Waals surface area contributed by atoms with E-state index in [1.807, 2.05) is 0 Å². The molecule has 2 rings (SSSR count). The molecule has 1 amide bonds. The molecular weight excluding hydrogens is 301 g/mol. The summed E-state index contributed by atoms with van der Waals surface area (Å²) in [4.78, 5) is 23.7. The van der Waals surface area contributed by atoms with Gasteiger partial charge in [-0.3, -0.25) is 4.79 Å². The molecule has 0 atom stereocenters. The van der Waals surface area contributed by atoms with Crippen LogP contribution >= 0.6 is 0 Å². The van der Waals surface area contributed by atoms with E-state index in [9.17, 15) is 22.8 Å². The number of para-hydroxylation sites is 1. The number of carbonyl (C=O) groups is 2. The number of hydrogen-bond acceptors (Lipinski definition) is 4. The molecule has 1 aliphatic rings. The molecule has 8 heteroatoms. The Labute approximate surface area is 123 Å². The summed E-state index contributed by atoms with van der Waals surface area (Å²) >= 11 is 0. The predicted molar refractivity (Wildman–Crippen MR) is 72.1 cm³/mol. The molecule has 0 saturated carbocycles. The Morgan fingerprint density at radius 1 is 1.23 bits per heavy atom. The summed E-state index contributed by atoms with van der Waals surface area (Å²) in [5.74, 6) is -2.65. The van der Waals surface area contributed by atoms with E-state index in [1.54, 1.807) is 18.2 Å². The monoisotopic (exact) mass is 312 g/mol. The number of ether oxygens (including phenoxy) is 1. The lowest BCUT2D eigenvalue weighted by Gasteiger charge is -2.14. The van der Waals surface area contributed by atoms with E-state index in [-0.39, 0.29) is 5.71 Å². The Morgan fingerprint density at radius 2 is 1.82 bits per heavy atom. The normalized spacial score (nSPS) is 17.4. The van der Waals surface area contributed by atoms with E-state index in [4.69, 9.17) is 0 Å². The van der Waals surface area contributed by atoms with Crippen molar-refractivity contribution in [1.82, 2.24) is 0 Å². The summed E-state index contributed by atoms with van der Waals surface area (Å²) in [6, 6.07) is 7.94. The minimum atomic E-state index is -5.03. The van der Waals surface area contributed by atoms with Crippen LogP contribution in [-0.2, 0) is 14.3 Å². The minimum Gasteiger partial charge on any atom is -0.465 e. The number of nitrogens with zero attached hydrogens (tertiary/aromatic N) is 2. The van der Waals surface area contributed by atoms with Crippen LogP contribution in [-0.4, -0.2) is 30.9 Å². The first-order valence-electron chi connectivity index (χ1n) is 6.12. The van der Waals surface area contributed by atoms with Crippen LogP contribution in [0.4, 0.5) is 18.9 Å². The molecule has 0 aromatic heterocycles. The van der Waals surface area contributed by atoms with Crippen molar-refractivity contribution < 1.29 is 27.5 Å². The van der Waals surface area contributed by atoms with Crippen molar-refractivity contribution in [1.29, 1.82) is 0 Å². The van der Waals surface area contributed by atoms with Crippen LogP contribution in [0.5, 0.6) is 0 Å². The highest BCUT2D eigenvalue weighted by molar-refractivity contribution is 6.32. The van der Waals surface area contributed by atoms with E-state index in [2.05, 4.69) is 9.84 Å². The van der Waals surface area contributed by atoms with Crippen LogP contribution in [0, 0.1) is 0 Å². The third-order valence-corrected chi connectivity index (χ3v) is 2.94. The van der Waals surface area contributed by atoms with Crippen molar-refractivity contribution in [3.8, 4) is 0 Å². The van der Waals surface area contributed by atoms with Crippen molar-refractivity contribution in [2.75, 3.05) is 12.1 Å². The summed E-state index contributed by atoms with van der Waals surface area (Å²) in [7, 11) is 0.815. The third kappa shape index (κ3) is 2.72. The SMILES string of the molecule is COC(=O)/C(=C1/C(=O)N(c2ccccc2)N=C1C)C(F)(F)F. The summed E-state index contributed by atoms with van der Waals surface area (Å²) in [5.41, 5.74) is -2.36. The van der Waals surface area contributed by atoms with Crippen LogP contribution in [0.15, 0.2) is 46.6 Å². The fourth-order valence-corrected chi connectivity index (χ4v) is 2.00. The lowest BCUT2D eigenvalue weighted by molar-refractivity contribution is -0.148. The predicted octanol–water partition coefficient (Wildman–Crippen LogP) is 2.44. The first-order chi connectivity index (χ1) is 10.3. The number of rotatable bonds is 2. The molecule has 0 fully saturated rings. The Hall–Kier alpha value is -2.64. The van der Waals surface area contributed by atoms with Gasteiger partial charge in [0.2, 0.25) is 0 Å². The molecule has 1 heterocycles. The number of hydrazone groups is 1. The molecular formula is C14H11F3N2O3. The van der Waals surface area contributed by atoms with Crippen LogP contribution in [0.2, 0.25) is 0 Å². The van der Waals surface area contributed by atoms with Gasteiger partial charge in [-0.15, -0.1) is 0 Å². The topological polar surface area (TPSA) is 59.0 Å². The molecule has 0 radical (unpaired) electrons.